The number of rotatable bonds is 3. The molecular weight excluding hydrogens is 250 g/mol. The van der Waals surface area contributed by atoms with Gasteiger partial charge in [0.25, 0.3) is 0 Å². The Morgan fingerprint density at radius 1 is 1.45 bits per heavy atom. The molecule has 0 spiro atoms. The standard InChI is InChI=1S/C16H23N3O/c1-18-8-7-12(10-18)11-19(2)16(20)15-9-13-5-3-4-6-14(13)17-15/h3-6,12,15,17H,7-11H2,1-2H3/t12?,15-/m0/s1. The first kappa shape index (κ1) is 13.4. The van der Waals surface area contributed by atoms with Crippen LogP contribution in [0.3, 0.4) is 0 Å². The minimum absolute atomic E-state index is 0.0865. The van der Waals surface area contributed by atoms with Crippen molar-refractivity contribution in [3.63, 3.8) is 0 Å². The molecule has 20 heavy (non-hydrogen) atoms. The first-order chi connectivity index (χ1) is 9.63. The van der Waals surface area contributed by atoms with Gasteiger partial charge in [-0.1, -0.05) is 18.2 Å². The number of nitrogens with zero attached hydrogens (tertiary/aromatic N) is 2. The van der Waals surface area contributed by atoms with Crippen molar-refractivity contribution < 1.29 is 4.79 Å². The Labute approximate surface area is 120 Å². The van der Waals surface area contributed by atoms with Crippen molar-refractivity contribution in [2.24, 2.45) is 5.92 Å². The average Bonchev–Trinajstić information content (AvgIpc) is 3.03. The van der Waals surface area contributed by atoms with Crippen LogP contribution in [0.1, 0.15) is 12.0 Å². The number of hydrogen-bond donors (Lipinski definition) is 1. The maximum atomic E-state index is 12.5. The van der Waals surface area contributed by atoms with E-state index in [-0.39, 0.29) is 11.9 Å². The van der Waals surface area contributed by atoms with Gasteiger partial charge in [0.1, 0.15) is 6.04 Å². The molecule has 0 aliphatic carbocycles. The molecule has 108 valence electrons. The zero-order valence-corrected chi connectivity index (χ0v) is 12.3. The lowest BCUT2D eigenvalue weighted by Gasteiger charge is -2.24. The number of amides is 1. The molecule has 0 aromatic heterocycles. The summed E-state index contributed by atoms with van der Waals surface area (Å²) in [5.41, 5.74) is 2.36. The second kappa shape index (κ2) is 5.44. The van der Waals surface area contributed by atoms with Gasteiger partial charge in [0.05, 0.1) is 0 Å². The molecule has 2 aliphatic heterocycles. The van der Waals surface area contributed by atoms with E-state index in [1.54, 1.807) is 0 Å². The van der Waals surface area contributed by atoms with Gasteiger partial charge in [0, 0.05) is 32.2 Å². The summed E-state index contributed by atoms with van der Waals surface area (Å²) in [7, 11) is 4.09. The summed E-state index contributed by atoms with van der Waals surface area (Å²) >= 11 is 0. The van der Waals surface area contributed by atoms with Crippen LogP contribution in [0.15, 0.2) is 24.3 Å². The van der Waals surface area contributed by atoms with E-state index in [1.165, 1.54) is 12.0 Å². The summed E-state index contributed by atoms with van der Waals surface area (Å²) in [6.45, 7) is 3.13. The maximum Gasteiger partial charge on any atom is 0.245 e. The Kier molecular flexibility index (Phi) is 3.66. The van der Waals surface area contributed by atoms with E-state index in [0.29, 0.717) is 5.92 Å². The molecule has 1 unspecified atom stereocenters. The Bertz CT molecular complexity index is 477. The van der Waals surface area contributed by atoms with Crippen molar-refractivity contribution in [2.45, 2.75) is 18.9 Å². The fraction of sp³-hybridized carbons (Fsp3) is 0.562. The molecule has 1 aromatic carbocycles. The van der Waals surface area contributed by atoms with Crippen molar-refractivity contribution in [3.8, 4) is 0 Å². The number of hydrogen-bond acceptors (Lipinski definition) is 3. The van der Waals surface area contributed by atoms with Gasteiger partial charge < -0.3 is 15.1 Å². The average molecular weight is 273 g/mol. The molecule has 0 radical (unpaired) electrons. The highest BCUT2D eigenvalue weighted by atomic mass is 16.2. The van der Waals surface area contributed by atoms with Gasteiger partial charge in [-0.05, 0) is 37.6 Å². The molecule has 1 N–H and O–H groups in total. The van der Waals surface area contributed by atoms with E-state index in [0.717, 1.165) is 31.7 Å². The minimum atomic E-state index is -0.0865. The Morgan fingerprint density at radius 3 is 2.95 bits per heavy atom. The number of nitrogens with one attached hydrogen (secondary N) is 1. The van der Waals surface area contributed by atoms with E-state index in [4.69, 9.17) is 0 Å². The molecule has 2 aliphatic rings. The van der Waals surface area contributed by atoms with Crippen LogP contribution in [0.4, 0.5) is 5.69 Å². The van der Waals surface area contributed by atoms with Crippen molar-refractivity contribution >= 4 is 11.6 Å². The molecular formula is C16H23N3O. The van der Waals surface area contributed by atoms with Crippen LogP contribution >= 0.6 is 0 Å². The summed E-state index contributed by atoms with van der Waals surface area (Å²) < 4.78 is 0. The monoisotopic (exact) mass is 273 g/mol. The number of carbonyl (C=O) groups excluding carboxylic acids is 1. The van der Waals surface area contributed by atoms with Crippen molar-refractivity contribution in [1.82, 2.24) is 9.80 Å². The molecule has 1 aromatic rings. The van der Waals surface area contributed by atoms with Gasteiger partial charge >= 0.3 is 0 Å². The Morgan fingerprint density at radius 2 is 2.25 bits per heavy atom. The van der Waals surface area contributed by atoms with Crippen LogP contribution in [-0.4, -0.2) is 55.5 Å². The van der Waals surface area contributed by atoms with Gasteiger partial charge in [0.15, 0.2) is 0 Å². The van der Waals surface area contributed by atoms with Crippen LogP contribution < -0.4 is 5.32 Å². The van der Waals surface area contributed by atoms with Crippen LogP contribution in [-0.2, 0) is 11.2 Å². The number of para-hydroxylation sites is 1. The summed E-state index contributed by atoms with van der Waals surface area (Å²) in [5.74, 6) is 0.841. The molecule has 4 heteroatoms. The predicted molar refractivity (Wildman–Crippen MR) is 80.8 cm³/mol. The molecule has 1 saturated heterocycles. The van der Waals surface area contributed by atoms with Crippen molar-refractivity contribution in [3.05, 3.63) is 29.8 Å². The van der Waals surface area contributed by atoms with Crippen LogP contribution in [0.5, 0.6) is 0 Å². The Balaban J connectivity index is 1.57. The van der Waals surface area contributed by atoms with E-state index in [2.05, 4.69) is 29.4 Å². The quantitative estimate of drug-likeness (QED) is 0.905. The zero-order chi connectivity index (χ0) is 14.1. The first-order valence-corrected chi connectivity index (χ1v) is 7.41. The lowest BCUT2D eigenvalue weighted by atomic mass is 10.1. The fourth-order valence-electron chi connectivity index (χ4n) is 3.37. The number of anilines is 1. The SMILES string of the molecule is CN1CCC(CN(C)C(=O)[C@@H]2Cc3ccccc3N2)C1. The lowest BCUT2D eigenvalue weighted by molar-refractivity contribution is -0.131. The molecule has 0 bridgehead atoms. The molecule has 2 heterocycles. The highest BCUT2D eigenvalue weighted by molar-refractivity contribution is 5.87. The number of carbonyl (C=O) groups is 1. The van der Waals surface area contributed by atoms with E-state index >= 15 is 0 Å². The zero-order valence-electron chi connectivity index (χ0n) is 12.3. The summed E-state index contributed by atoms with van der Waals surface area (Å²) in [4.78, 5) is 16.8. The predicted octanol–water partition coefficient (Wildman–Crippen LogP) is 1.43. The smallest absolute Gasteiger partial charge is 0.245 e. The van der Waals surface area contributed by atoms with Gasteiger partial charge in [-0.15, -0.1) is 0 Å². The minimum Gasteiger partial charge on any atom is -0.373 e. The molecule has 3 rings (SSSR count). The third kappa shape index (κ3) is 2.66. The lowest BCUT2D eigenvalue weighted by Crippen LogP contribution is -2.42. The molecule has 1 fully saturated rings. The Hall–Kier alpha value is -1.55. The highest BCUT2D eigenvalue weighted by Crippen LogP contribution is 2.26. The van der Waals surface area contributed by atoms with Crippen LogP contribution in [0.25, 0.3) is 0 Å². The van der Waals surface area contributed by atoms with Crippen LogP contribution in [0, 0.1) is 5.92 Å². The molecule has 1 amide bonds. The fourth-order valence-corrected chi connectivity index (χ4v) is 3.37. The normalized spacial score (nSPS) is 25.3. The summed E-state index contributed by atoms with van der Waals surface area (Å²) in [5, 5.41) is 3.35. The largest absolute Gasteiger partial charge is 0.373 e. The van der Waals surface area contributed by atoms with Gasteiger partial charge in [-0.25, -0.2) is 0 Å². The van der Waals surface area contributed by atoms with Crippen molar-refractivity contribution in [2.75, 3.05) is 39.0 Å². The van der Waals surface area contributed by atoms with E-state index in [9.17, 15) is 4.79 Å². The second-order valence-corrected chi connectivity index (χ2v) is 6.19. The number of benzene rings is 1. The topological polar surface area (TPSA) is 35.6 Å². The van der Waals surface area contributed by atoms with E-state index in [1.807, 2.05) is 24.1 Å². The van der Waals surface area contributed by atoms with Gasteiger partial charge in [-0.3, -0.25) is 4.79 Å². The highest BCUT2D eigenvalue weighted by Gasteiger charge is 2.30. The first-order valence-electron chi connectivity index (χ1n) is 7.41. The molecule has 2 atom stereocenters. The van der Waals surface area contributed by atoms with E-state index < -0.39 is 0 Å². The molecule has 4 nitrogen and oxygen atoms in total. The van der Waals surface area contributed by atoms with Gasteiger partial charge in [0.2, 0.25) is 5.91 Å². The number of fused-ring (bicyclic) bond motifs is 1. The second-order valence-electron chi connectivity index (χ2n) is 6.19. The number of likely N-dealkylation sites (N-methyl/N-ethyl adjacent to an activating group) is 1. The van der Waals surface area contributed by atoms with Gasteiger partial charge in [-0.2, -0.15) is 0 Å². The number of likely N-dealkylation sites (tertiary alicyclic amines) is 1. The van der Waals surface area contributed by atoms with Crippen LogP contribution in [0.2, 0.25) is 0 Å². The summed E-state index contributed by atoms with van der Waals surface area (Å²) in [6.07, 6.45) is 2.01. The van der Waals surface area contributed by atoms with Crippen molar-refractivity contribution in [1.29, 1.82) is 0 Å². The summed E-state index contributed by atoms with van der Waals surface area (Å²) in [6, 6.07) is 8.11. The third-order valence-electron chi connectivity index (χ3n) is 4.47. The maximum absolute atomic E-state index is 12.5. The third-order valence-corrected chi connectivity index (χ3v) is 4.47. The molecule has 0 saturated carbocycles.